The molecule has 0 heterocycles. The molecule has 0 fully saturated rings. The van der Waals surface area contributed by atoms with E-state index >= 15 is 0 Å². The molecule has 0 saturated carbocycles. The Morgan fingerprint density at radius 3 is 2.10 bits per heavy atom. The van der Waals surface area contributed by atoms with Gasteiger partial charge in [-0.2, -0.15) is 0 Å². The van der Waals surface area contributed by atoms with Gasteiger partial charge in [-0.1, -0.05) is 44.0 Å². The van der Waals surface area contributed by atoms with E-state index in [0.29, 0.717) is 10.8 Å². The van der Waals surface area contributed by atoms with Gasteiger partial charge < -0.3 is 19.5 Å². The first-order chi connectivity index (χ1) is 14.5. The van der Waals surface area contributed by atoms with Gasteiger partial charge in [-0.15, -0.1) is 0 Å². The Hall–Kier alpha value is -2.77. The third-order valence-electron chi connectivity index (χ3n) is 4.25. The van der Waals surface area contributed by atoms with E-state index in [1.54, 1.807) is 20.8 Å². The second kappa shape index (κ2) is 10.0. The third-order valence-corrected chi connectivity index (χ3v) is 4.99. The molecule has 2 rings (SSSR count). The van der Waals surface area contributed by atoms with Crippen LogP contribution in [0.5, 0.6) is 11.5 Å². The summed E-state index contributed by atoms with van der Waals surface area (Å²) in [6, 6.07) is 7.19. The zero-order valence-corrected chi connectivity index (χ0v) is 19.3. The largest absolute Gasteiger partial charge is 0.493 e. The number of ether oxygens (including phenoxy) is 3. The minimum absolute atomic E-state index is 0.0113. The average Bonchev–Trinajstić information content (AvgIpc) is 2.72. The molecular weight excluding hydrogens is 445 g/mol. The van der Waals surface area contributed by atoms with E-state index in [0.717, 1.165) is 0 Å². The number of halogens is 2. The summed E-state index contributed by atoms with van der Waals surface area (Å²) in [5, 5.41) is 3.22. The molecule has 1 amide bonds. The van der Waals surface area contributed by atoms with Gasteiger partial charge in [0.1, 0.15) is 0 Å². The summed E-state index contributed by atoms with van der Waals surface area (Å²) in [6.07, 6.45) is 0. The number of amides is 1. The van der Waals surface area contributed by atoms with Crippen molar-refractivity contribution in [3.05, 3.63) is 51.5 Å². The smallest absolute Gasteiger partial charge is 0.340 e. The predicted octanol–water partition coefficient (Wildman–Crippen LogP) is 5.03. The molecule has 0 aliphatic carbocycles. The van der Waals surface area contributed by atoms with Gasteiger partial charge in [-0.25, -0.2) is 4.79 Å². The molecule has 0 radical (unpaired) electrons. The van der Waals surface area contributed by atoms with Gasteiger partial charge in [0.05, 0.1) is 35.5 Å². The average molecular weight is 468 g/mol. The van der Waals surface area contributed by atoms with E-state index in [9.17, 15) is 14.4 Å². The van der Waals surface area contributed by atoms with Crippen molar-refractivity contribution in [2.24, 2.45) is 5.41 Å². The highest BCUT2D eigenvalue weighted by molar-refractivity contribution is 6.42. The highest BCUT2D eigenvalue weighted by Gasteiger charge is 2.26. The lowest BCUT2D eigenvalue weighted by Gasteiger charge is -2.20. The van der Waals surface area contributed by atoms with Gasteiger partial charge in [0.2, 0.25) is 5.91 Å². The van der Waals surface area contributed by atoms with Crippen molar-refractivity contribution in [1.29, 1.82) is 0 Å². The number of Topliss-reactive ketones (excluding diaryl/α,β-unsaturated/α-hetero) is 1. The van der Waals surface area contributed by atoms with Crippen LogP contribution in [0.4, 0.5) is 5.69 Å². The Morgan fingerprint density at radius 1 is 0.935 bits per heavy atom. The third kappa shape index (κ3) is 6.12. The number of ketones is 1. The number of carbonyl (C=O) groups is 3. The zero-order chi connectivity index (χ0) is 23.3. The standard InChI is InChI=1S/C22H23Cl2NO6/c1-22(2,3)21(28)25-16-10-19(30-5)18(29-4)9-13(16)20(27)31-11-17(26)12-6-7-14(23)15(24)8-12/h6-10H,11H2,1-5H3,(H,25,28). The molecule has 0 atom stereocenters. The Kier molecular flexibility index (Phi) is 7.92. The van der Waals surface area contributed by atoms with Crippen LogP contribution in [-0.4, -0.2) is 38.5 Å². The van der Waals surface area contributed by atoms with Crippen LogP contribution in [-0.2, 0) is 9.53 Å². The lowest BCUT2D eigenvalue weighted by molar-refractivity contribution is -0.123. The molecule has 0 bridgehead atoms. The van der Waals surface area contributed by atoms with Crippen LogP contribution in [0.2, 0.25) is 10.0 Å². The van der Waals surface area contributed by atoms with Crippen molar-refractivity contribution in [1.82, 2.24) is 0 Å². The number of anilines is 1. The van der Waals surface area contributed by atoms with E-state index in [1.165, 1.54) is 44.6 Å². The van der Waals surface area contributed by atoms with Crippen molar-refractivity contribution in [3.8, 4) is 11.5 Å². The van der Waals surface area contributed by atoms with E-state index in [1.807, 2.05) is 0 Å². The van der Waals surface area contributed by atoms with Crippen LogP contribution in [0.3, 0.4) is 0 Å². The number of methoxy groups -OCH3 is 2. The highest BCUT2D eigenvalue weighted by Crippen LogP contribution is 2.34. The summed E-state index contributed by atoms with van der Waals surface area (Å²) < 4.78 is 15.7. The van der Waals surface area contributed by atoms with Crippen LogP contribution in [0.25, 0.3) is 0 Å². The Bertz CT molecular complexity index is 1010. The minimum Gasteiger partial charge on any atom is -0.493 e. The van der Waals surface area contributed by atoms with Gasteiger partial charge in [-0.05, 0) is 18.2 Å². The number of hydrogen-bond donors (Lipinski definition) is 1. The van der Waals surface area contributed by atoms with E-state index in [4.69, 9.17) is 37.4 Å². The Morgan fingerprint density at radius 2 is 1.55 bits per heavy atom. The highest BCUT2D eigenvalue weighted by atomic mass is 35.5. The number of carbonyl (C=O) groups excluding carboxylic acids is 3. The molecule has 0 aliphatic heterocycles. The normalized spacial score (nSPS) is 10.9. The van der Waals surface area contributed by atoms with Crippen LogP contribution in [0.1, 0.15) is 41.5 Å². The fourth-order valence-electron chi connectivity index (χ4n) is 2.42. The quantitative estimate of drug-likeness (QED) is 0.453. The fraction of sp³-hybridized carbons (Fsp3) is 0.318. The topological polar surface area (TPSA) is 90.9 Å². The summed E-state index contributed by atoms with van der Waals surface area (Å²) in [6.45, 7) is 4.67. The van der Waals surface area contributed by atoms with Crippen LogP contribution < -0.4 is 14.8 Å². The van der Waals surface area contributed by atoms with Gasteiger partial charge >= 0.3 is 5.97 Å². The molecule has 0 aliphatic rings. The molecule has 31 heavy (non-hydrogen) atoms. The van der Waals surface area contributed by atoms with Crippen molar-refractivity contribution in [2.45, 2.75) is 20.8 Å². The van der Waals surface area contributed by atoms with Crippen LogP contribution in [0.15, 0.2) is 30.3 Å². The molecule has 7 nitrogen and oxygen atoms in total. The van der Waals surface area contributed by atoms with Gasteiger partial charge in [-0.3, -0.25) is 9.59 Å². The fourth-order valence-corrected chi connectivity index (χ4v) is 2.72. The number of esters is 1. The molecule has 2 aromatic rings. The first kappa shape index (κ1) is 24.5. The number of hydrogen-bond acceptors (Lipinski definition) is 6. The molecule has 0 saturated heterocycles. The summed E-state index contributed by atoms with van der Waals surface area (Å²) in [7, 11) is 2.84. The van der Waals surface area contributed by atoms with Gasteiger partial charge in [0.25, 0.3) is 0 Å². The lowest BCUT2D eigenvalue weighted by atomic mass is 9.95. The number of rotatable bonds is 7. The summed E-state index contributed by atoms with van der Waals surface area (Å²) in [4.78, 5) is 37.6. The van der Waals surface area contributed by atoms with E-state index in [-0.39, 0.29) is 33.5 Å². The molecule has 0 spiro atoms. The molecule has 0 aromatic heterocycles. The van der Waals surface area contributed by atoms with Crippen LogP contribution >= 0.6 is 23.2 Å². The molecular formula is C22H23Cl2NO6. The summed E-state index contributed by atoms with van der Waals surface area (Å²) >= 11 is 11.8. The molecule has 9 heteroatoms. The Labute approximate surface area is 190 Å². The monoisotopic (exact) mass is 467 g/mol. The Balaban J connectivity index is 2.29. The molecule has 2 aromatic carbocycles. The van der Waals surface area contributed by atoms with Crippen molar-refractivity contribution >= 4 is 46.5 Å². The number of nitrogens with one attached hydrogen (secondary N) is 1. The number of benzene rings is 2. The maximum absolute atomic E-state index is 12.8. The second-order valence-corrected chi connectivity index (χ2v) is 8.40. The van der Waals surface area contributed by atoms with Crippen molar-refractivity contribution in [3.63, 3.8) is 0 Å². The van der Waals surface area contributed by atoms with E-state index in [2.05, 4.69) is 5.32 Å². The van der Waals surface area contributed by atoms with E-state index < -0.39 is 23.8 Å². The maximum atomic E-state index is 12.8. The maximum Gasteiger partial charge on any atom is 0.340 e. The summed E-state index contributed by atoms with van der Waals surface area (Å²) in [5.74, 6) is -1.03. The SMILES string of the molecule is COc1cc(NC(=O)C(C)(C)C)c(C(=O)OCC(=O)c2ccc(Cl)c(Cl)c2)cc1OC. The van der Waals surface area contributed by atoms with Crippen molar-refractivity contribution < 1.29 is 28.6 Å². The first-order valence-corrected chi connectivity index (χ1v) is 9.96. The predicted molar refractivity (Wildman–Crippen MR) is 119 cm³/mol. The van der Waals surface area contributed by atoms with Gasteiger partial charge in [0.15, 0.2) is 23.9 Å². The first-order valence-electron chi connectivity index (χ1n) is 9.20. The van der Waals surface area contributed by atoms with Gasteiger partial charge in [0, 0.05) is 23.1 Å². The summed E-state index contributed by atoms with van der Waals surface area (Å²) in [5.41, 5.74) is -0.282. The molecule has 0 unspecified atom stereocenters. The van der Waals surface area contributed by atoms with Crippen LogP contribution in [0, 0.1) is 5.41 Å². The molecule has 166 valence electrons. The second-order valence-electron chi connectivity index (χ2n) is 7.59. The zero-order valence-electron chi connectivity index (χ0n) is 17.8. The van der Waals surface area contributed by atoms with Crippen molar-refractivity contribution in [2.75, 3.05) is 26.1 Å². The minimum atomic E-state index is -0.821. The lowest BCUT2D eigenvalue weighted by Crippen LogP contribution is -2.28. The molecule has 1 N–H and O–H groups in total.